The number of hydrogen-bond acceptors (Lipinski definition) is 22. The van der Waals surface area contributed by atoms with Gasteiger partial charge >= 0.3 is 203 Å². The van der Waals surface area contributed by atoms with Crippen LogP contribution in [0.15, 0.2) is 188 Å². The Morgan fingerprint density at radius 1 is 0.473 bits per heavy atom. The Morgan fingerprint density at radius 2 is 0.836 bits per heavy atom. The second kappa shape index (κ2) is 37.3. The van der Waals surface area contributed by atoms with E-state index in [2.05, 4.69) is 120 Å². The average molecular weight is 1640 g/mol. The van der Waals surface area contributed by atoms with Crippen molar-refractivity contribution in [2.24, 2.45) is 35.2 Å². The average Bonchev–Trinajstić information content (AvgIpc) is 1.00. The smallest absolute Gasteiger partial charge is 0.481 e. The van der Waals surface area contributed by atoms with E-state index in [9.17, 15) is 26.4 Å². The number of aromatic nitrogens is 20. The molecule has 0 spiro atoms. The fourth-order valence-electron chi connectivity index (χ4n) is 11.9. The Bertz CT molecular complexity index is 5760. The van der Waals surface area contributed by atoms with Gasteiger partial charge in [0, 0.05) is 115 Å². The summed E-state index contributed by atoms with van der Waals surface area (Å²) in [7, 11) is 5.32. The van der Waals surface area contributed by atoms with E-state index in [0.29, 0.717) is 34.4 Å². The van der Waals surface area contributed by atoms with Crippen LogP contribution in [-0.2, 0) is 45.4 Å². The fraction of sp³-hybridized carbons (Fsp3) is 0.267. The summed E-state index contributed by atoms with van der Waals surface area (Å²) in [6.45, 7) is 6.97. The Balaban J connectivity index is 0.000000145. The van der Waals surface area contributed by atoms with E-state index in [4.69, 9.17) is 36.1 Å². The molecular formula is C75H81BClF3N20O8SSn. The van der Waals surface area contributed by atoms with Crippen LogP contribution in [-0.4, -0.2) is 162 Å². The summed E-state index contributed by atoms with van der Waals surface area (Å²) in [5.41, 5.74) is 3.31. The minimum atomic E-state index is -5.78. The SMILES string of the molecule is CCC[CH2][Sn]([CH2]CCC)([CH2]CCC)[c]1ccnc(-c2ccc3c(cnn3C)c2)n1.COc1ccnc(-c2ccc3c(cnn3C)c2)n1.COc1ccnc(Cl)n1.Cn1ncc2cc(-c3nccc(=O)[nH]3)ccc21.Cn1ncc2cc(-c3nccc(OS(=O)(=O)C(F)(F)F)n3)ccc21.Cn1ncc2cc(B(O)O)ccc21. The van der Waals surface area contributed by atoms with Crippen LogP contribution in [0.25, 0.3) is 100 Å². The molecule has 5 aromatic carbocycles. The maximum absolute atomic E-state index is 12.4. The molecule has 0 unspecified atom stereocenters. The van der Waals surface area contributed by atoms with Gasteiger partial charge in [0.25, 0.3) is 5.56 Å². The number of rotatable bonds is 19. The summed E-state index contributed by atoms with van der Waals surface area (Å²) < 4.78 is 87.7. The third-order valence-electron chi connectivity index (χ3n) is 17.8. The van der Waals surface area contributed by atoms with Crippen molar-refractivity contribution in [2.45, 2.75) is 78.1 Å². The normalized spacial score (nSPS) is 11.3. The number of ether oxygens (including phenoxy) is 2. The number of nitrogens with zero attached hydrogens (tertiary/aromatic N) is 19. The van der Waals surface area contributed by atoms with E-state index in [0.717, 1.165) is 89.3 Å². The zero-order valence-electron chi connectivity index (χ0n) is 62.0. The first kappa shape index (κ1) is 81.4. The van der Waals surface area contributed by atoms with Crippen LogP contribution in [0.1, 0.15) is 59.3 Å². The van der Waals surface area contributed by atoms with Crippen molar-refractivity contribution >= 4 is 111 Å². The van der Waals surface area contributed by atoms with Gasteiger partial charge in [-0.15, -0.1) is 0 Å². The first-order valence-electron chi connectivity index (χ1n) is 34.9. The van der Waals surface area contributed by atoms with E-state index in [1.54, 1.807) is 95.5 Å². The molecule has 15 aromatic rings. The van der Waals surface area contributed by atoms with Crippen molar-refractivity contribution in [2.75, 3.05) is 14.2 Å². The van der Waals surface area contributed by atoms with E-state index in [1.165, 1.54) is 81.1 Å². The topological polar surface area (TPSA) is 340 Å². The Hall–Kier alpha value is -11.1. The van der Waals surface area contributed by atoms with Gasteiger partial charge in [-0.05, 0) is 77.7 Å². The number of nitrogens with one attached hydrogen (secondary N) is 1. The third kappa shape index (κ3) is 20.6. The van der Waals surface area contributed by atoms with Crippen molar-refractivity contribution < 1.29 is 45.3 Å². The first-order valence-corrected chi connectivity index (χ1v) is 44.2. The van der Waals surface area contributed by atoms with E-state index in [-0.39, 0.29) is 16.7 Å². The number of fused-ring (bicyclic) bond motifs is 5. The number of halogens is 4. The van der Waals surface area contributed by atoms with Gasteiger partial charge in [0.2, 0.25) is 22.9 Å². The second-order valence-electron chi connectivity index (χ2n) is 25.3. The van der Waals surface area contributed by atoms with E-state index in [1.807, 2.05) is 98.6 Å². The van der Waals surface area contributed by atoms with Gasteiger partial charge in [-0.1, -0.05) is 12.1 Å². The largest absolute Gasteiger partial charge is 0.534 e. The molecular weight excluding hydrogens is 1560 g/mol. The van der Waals surface area contributed by atoms with Crippen LogP contribution in [0.4, 0.5) is 13.2 Å². The molecule has 0 atom stereocenters. The summed E-state index contributed by atoms with van der Waals surface area (Å²) in [4.78, 5) is 51.6. The van der Waals surface area contributed by atoms with Crippen molar-refractivity contribution in [1.29, 1.82) is 0 Å². The predicted molar refractivity (Wildman–Crippen MR) is 421 cm³/mol. The number of benzene rings is 5. The monoisotopic (exact) mass is 1640 g/mol. The van der Waals surface area contributed by atoms with Crippen LogP contribution in [0, 0.1) is 0 Å². The summed E-state index contributed by atoms with van der Waals surface area (Å²) in [6, 6.07) is 36.5. The summed E-state index contributed by atoms with van der Waals surface area (Å²) >= 11 is 2.89. The number of unbranched alkanes of at least 4 members (excludes halogenated alkanes) is 3. The minimum absolute atomic E-state index is 0.0237. The van der Waals surface area contributed by atoms with Crippen molar-refractivity contribution in [3.8, 4) is 63.2 Å². The molecule has 0 amide bonds. The maximum Gasteiger partial charge on any atom is 0.534 e. The van der Waals surface area contributed by atoms with E-state index < -0.39 is 47.0 Å². The zero-order chi connectivity index (χ0) is 78.7. The minimum Gasteiger partial charge on any atom is -0.481 e. The zero-order valence-corrected chi connectivity index (χ0v) is 66.4. The second-order valence-corrected chi connectivity index (χ2v) is 40.2. The molecule has 35 heteroatoms. The molecule has 15 rings (SSSR count). The Labute approximate surface area is 640 Å². The van der Waals surface area contributed by atoms with Gasteiger partial charge in [-0.2, -0.15) is 56.9 Å². The molecule has 0 bridgehead atoms. The van der Waals surface area contributed by atoms with Crippen LogP contribution >= 0.6 is 11.6 Å². The molecule has 0 aliphatic carbocycles. The quantitative estimate of drug-likeness (QED) is 0.0293. The van der Waals surface area contributed by atoms with Gasteiger partial charge in [0.1, 0.15) is 5.82 Å². The maximum atomic E-state index is 12.4. The van der Waals surface area contributed by atoms with Crippen molar-refractivity contribution in [3.05, 3.63) is 199 Å². The summed E-state index contributed by atoms with van der Waals surface area (Å²) in [6.07, 6.45) is 24.6. The number of hydrogen-bond donors (Lipinski definition) is 3. The molecule has 3 N–H and O–H groups in total. The third-order valence-corrected chi connectivity index (χ3v) is 34.0. The van der Waals surface area contributed by atoms with Gasteiger partial charge in [-0.3, -0.25) is 23.5 Å². The Kier molecular flexibility index (Phi) is 27.6. The molecule has 0 fully saturated rings. The molecule has 0 aliphatic rings. The number of aromatic amines is 1. The number of alkyl halides is 3. The molecule has 0 radical (unpaired) electrons. The standard InChI is InChI=1S/C13H9F3N4O3S.C13H12N4O.C12H10N4O.C12H9N4.C8H9BN2O2.C5H5ClN2O.3C4H9.Sn/c1-20-10-3-2-8(6-9(10)7-18-20)12-17-5-4-11(19-12)23-24(21,22)13(14,15)16;1-17-11-4-3-9(7-10(11)8-15-17)13-14-6-5-12(16-13)18-2;1-16-10-3-2-8(6-9(10)7-14-16)12-13-5-4-11(17)15-12;1-16-11-4-3-9(7-10(11)8-15-16)12-13-5-2-6-14-12;1-11-8-3-2-7(9(12)13)4-6(8)5-10-11;1-9-4-2-3-7-5(6)8-4;3*1-3-4-2;/h2-7H,1H3;3-8H,1-2H3;2-7H,1H3,(H,13,15,17);2-5,7-8H,1H3;2-5,12-13H,1H3;2-3H,1H3;3*1,3-4H2,2H3;. The van der Waals surface area contributed by atoms with Crippen LogP contribution in [0.5, 0.6) is 17.6 Å². The predicted octanol–water partition coefficient (Wildman–Crippen LogP) is 12.1. The molecule has 10 heterocycles. The van der Waals surface area contributed by atoms with Gasteiger partial charge in [0.15, 0.2) is 11.6 Å². The summed E-state index contributed by atoms with van der Waals surface area (Å²) in [5, 5.41) is 43.8. The molecule has 0 aliphatic heterocycles. The van der Waals surface area contributed by atoms with Crippen molar-refractivity contribution in [3.63, 3.8) is 0 Å². The number of H-pyrrole nitrogens is 1. The fourth-order valence-corrected chi connectivity index (χ4v) is 27.8. The first-order chi connectivity index (χ1) is 52.8. The van der Waals surface area contributed by atoms with Crippen LogP contribution in [0.3, 0.4) is 0 Å². The molecule has 110 heavy (non-hydrogen) atoms. The van der Waals surface area contributed by atoms with Crippen molar-refractivity contribution in [1.82, 2.24) is 98.7 Å². The van der Waals surface area contributed by atoms with Gasteiger partial charge < -0.3 is 28.7 Å². The number of aryl methyl sites for hydroxylation is 5. The summed E-state index contributed by atoms with van der Waals surface area (Å²) in [5.74, 6) is 2.46. The molecule has 10 aromatic heterocycles. The van der Waals surface area contributed by atoms with Gasteiger partial charge in [-0.25, -0.2) is 19.9 Å². The molecule has 0 saturated heterocycles. The van der Waals surface area contributed by atoms with E-state index >= 15 is 0 Å². The van der Waals surface area contributed by atoms with Crippen LogP contribution in [0.2, 0.25) is 18.6 Å². The molecule has 28 nitrogen and oxygen atoms in total. The molecule has 0 saturated carbocycles. The Morgan fingerprint density at radius 3 is 1.24 bits per heavy atom. The van der Waals surface area contributed by atoms with Gasteiger partial charge in [0.05, 0.1) is 61.1 Å². The number of methoxy groups -OCH3 is 2. The van der Waals surface area contributed by atoms with Crippen LogP contribution < -0.4 is 28.4 Å². The molecule has 570 valence electrons.